The number of hydrogen-bond donors (Lipinski definition) is 2. The Morgan fingerprint density at radius 2 is 2.10 bits per heavy atom. The molecule has 0 aliphatic carbocycles. The Bertz CT molecular complexity index is 743. The second-order valence-corrected chi connectivity index (χ2v) is 7.94. The molecule has 0 saturated carbocycles. The van der Waals surface area contributed by atoms with Crippen molar-refractivity contribution in [2.24, 2.45) is 0 Å². The fourth-order valence-corrected chi connectivity index (χ4v) is 3.85. The molecule has 4 atom stereocenters. The van der Waals surface area contributed by atoms with E-state index in [9.17, 15) is 14.7 Å². The number of amides is 3. The lowest BCUT2D eigenvalue weighted by Gasteiger charge is -2.44. The minimum Gasteiger partial charge on any atom is -0.497 e. The Balaban J connectivity index is 1.71. The van der Waals surface area contributed by atoms with E-state index >= 15 is 0 Å². The van der Waals surface area contributed by atoms with E-state index in [0.717, 1.165) is 0 Å². The topological polar surface area (TPSA) is 101 Å². The van der Waals surface area contributed by atoms with E-state index < -0.39 is 6.10 Å². The van der Waals surface area contributed by atoms with Gasteiger partial charge in [-0.15, -0.1) is 0 Å². The van der Waals surface area contributed by atoms with Gasteiger partial charge in [-0.2, -0.15) is 0 Å². The number of carbonyl (C=O) groups excluding carboxylic acids is 2. The van der Waals surface area contributed by atoms with Crippen LogP contribution in [0.4, 0.5) is 10.5 Å². The summed E-state index contributed by atoms with van der Waals surface area (Å²) in [5.41, 5.74) is 0.606. The third-order valence-corrected chi connectivity index (χ3v) is 5.46. The second-order valence-electron chi connectivity index (χ2n) is 7.94. The highest BCUT2D eigenvalue weighted by Crippen LogP contribution is 2.28. The molecular formula is C21H31N3O6. The van der Waals surface area contributed by atoms with Crippen molar-refractivity contribution in [1.82, 2.24) is 9.80 Å². The first-order chi connectivity index (χ1) is 14.4. The number of β-amino-alcohol motifs (C(OH)–C–C–N with tert-alkyl or cyclic N) is 1. The predicted octanol–water partition coefficient (Wildman–Crippen LogP) is 1.31. The SMILES string of the molecule is COc1cccc(NC(=O)N2C[C@@H](O)COC[C@H]3O[C@H](CC(=O)N(C)C)CC[C@@H]32)c1. The molecule has 2 aliphatic heterocycles. The number of urea groups is 1. The fourth-order valence-electron chi connectivity index (χ4n) is 3.85. The molecule has 3 amide bonds. The molecule has 30 heavy (non-hydrogen) atoms. The van der Waals surface area contributed by atoms with Gasteiger partial charge in [-0.05, 0) is 25.0 Å². The first kappa shape index (κ1) is 22.3. The number of aliphatic hydroxyl groups is 1. The smallest absolute Gasteiger partial charge is 0.322 e. The lowest BCUT2D eigenvalue weighted by atomic mass is 9.95. The number of fused-ring (bicyclic) bond motifs is 1. The normalized spacial score (nSPS) is 26.7. The van der Waals surface area contributed by atoms with Crippen LogP contribution in [-0.4, -0.2) is 92.2 Å². The minimum absolute atomic E-state index is 0.00765. The van der Waals surface area contributed by atoms with Crippen LogP contribution in [0.5, 0.6) is 5.75 Å². The summed E-state index contributed by atoms with van der Waals surface area (Å²) in [6, 6.07) is 6.54. The molecule has 2 N–H and O–H groups in total. The average Bonchev–Trinajstić information content (AvgIpc) is 2.71. The van der Waals surface area contributed by atoms with E-state index in [1.165, 1.54) is 0 Å². The Morgan fingerprint density at radius 3 is 2.83 bits per heavy atom. The molecule has 9 heteroatoms. The molecule has 1 aromatic carbocycles. The monoisotopic (exact) mass is 421 g/mol. The average molecular weight is 421 g/mol. The van der Waals surface area contributed by atoms with E-state index in [-0.39, 0.29) is 49.9 Å². The fraction of sp³-hybridized carbons (Fsp3) is 0.619. The summed E-state index contributed by atoms with van der Waals surface area (Å²) in [6.07, 6.45) is 0.265. The van der Waals surface area contributed by atoms with Crippen LogP contribution < -0.4 is 10.1 Å². The van der Waals surface area contributed by atoms with Gasteiger partial charge in [0.15, 0.2) is 0 Å². The van der Waals surface area contributed by atoms with Crippen molar-refractivity contribution in [2.75, 3.05) is 46.3 Å². The number of anilines is 1. The molecule has 0 spiro atoms. The van der Waals surface area contributed by atoms with Gasteiger partial charge in [0.2, 0.25) is 5.91 Å². The van der Waals surface area contributed by atoms with Crippen molar-refractivity contribution in [3.05, 3.63) is 24.3 Å². The van der Waals surface area contributed by atoms with E-state index in [1.807, 2.05) is 0 Å². The van der Waals surface area contributed by atoms with Gasteiger partial charge in [0, 0.05) is 25.8 Å². The summed E-state index contributed by atoms with van der Waals surface area (Å²) in [5, 5.41) is 13.1. The highest BCUT2D eigenvalue weighted by molar-refractivity contribution is 5.89. The van der Waals surface area contributed by atoms with Crippen LogP contribution in [0.3, 0.4) is 0 Å². The summed E-state index contributed by atoms with van der Waals surface area (Å²) in [6.45, 7) is 0.524. The van der Waals surface area contributed by atoms with E-state index in [0.29, 0.717) is 30.7 Å². The van der Waals surface area contributed by atoms with Gasteiger partial charge in [-0.25, -0.2) is 4.79 Å². The summed E-state index contributed by atoms with van der Waals surface area (Å²) < 4.78 is 17.0. The van der Waals surface area contributed by atoms with Crippen LogP contribution in [0, 0.1) is 0 Å². The number of nitrogens with zero attached hydrogens (tertiary/aromatic N) is 2. The molecule has 2 aliphatic rings. The summed E-state index contributed by atoms with van der Waals surface area (Å²) >= 11 is 0. The van der Waals surface area contributed by atoms with Crippen LogP contribution >= 0.6 is 0 Å². The first-order valence-electron chi connectivity index (χ1n) is 10.2. The first-order valence-corrected chi connectivity index (χ1v) is 10.2. The molecule has 9 nitrogen and oxygen atoms in total. The third-order valence-electron chi connectivity index (χ3n) is 5.46. The van der Waals surface area contributed by atoms with Gasteiger partial charge in [-0.3, -0.25) is 4.79 Å². The minimum atomic E-state index is -0.782. The highest BCUT2D eigenvalue weighted by Gasteiger charge is 2.40. The standard InChI is InChI=1S/C21H31N3O6/c1-23(2)20(26)10-17-7-8-18-19(30-17)13-29-12-15(25)11-24(18)21(27)22-14-5-4-6-16(9-14)28-3/h4-6,9,15,17-19,25H,7-8,10-13H2,1-3H3,(H,22,27)/t15-,17+,18+,19-/m1/s1. The van der Waals surface area contributed by atoms with E-state index in [1.54, 1.807) is 55.3 Å². The molecule has 0 bridgehead atoms. The number of hydrogen-bond acceptors (Lipinski definition) is 6. The molecule has 0 aromatic heterocycles. The summed E-state index contributed by atoms with van der Waals surface area (Å²) in [7, 11) is 5.01. The van der Waals surface area contributed by atoms with Crippen LogP contribution in [0.15, 0.2) is 24.3 Å². The van der Waals surface area contributed by atoms with E-state index in [4.69, 9.17) is 14.2 Å². The maximum absolute atomic E-state index is 13.1. The van der Waals surface area contributed by atoms with Crippen LogP contribution in [0.25, 0.3) is 0 Å². The van der Waals surface area contributed by atoms with Gasteiger partial charge in [0.05, 0.1) is 51.5 Å². The highest BCUT2D eigenvalue weighted by atomic mass is 16.5. The van der Waals surface area contributed by atoms with Crippen molar-refractivity contribution in [1.29, 1.82) is 0 Å². The second kappa shape index (κ2) is 10.1. The predicted molar refractivity (Wildman–Crippen MR) is 111 cm³/mol. The Morgan fingerprint density at radius 1 is 1.30 bits per heavy atom. The lowest BCUT2D eigenvalue weighted by molar-refractivity contribution is -0.153. The van der Waals surface area contributed by atoms with Gasteiger partial charge in [0.25, 0.3) is 0 Å². The molecule has 1 aromatic rings. The lowest BCUT2D eigenvalue weighted by Crippen LogP contribution is -2.58. The number of methoxy groups -OCH3 is 1. The molecule has 0 unspecified atom stereocenters. The van der Waals surface area contributed by atoms with Gasteiger partial charge in [-0.1, -0.05) is 6.07 Å². The zero-order valence-electron chi connectivity index (χ0n) is 17.7. The maximum Gasteiger partial charge on any atom is 0.322 e. The summed E-state index contributed by atoms with van der Waals surface area (Å²) in [5.74, 6) is 0.648. The third kappa shape index (κ3) is 5.62. The molecule has 2 fully saturated rings. The van der Waals surface area contributed by atoms with Gasteiger partial charge >= 0.3 is 6.03 Å². The van der Waals surface area contributed by atoms with Crippen molar-refractivity contribution in [3.63, 3.8) is 0 Å². The van der Waals surface area contributed by atoms with Crippen molar-refractivity contribution in [2.45, 2.75) is 43.6 Å². The number of aliphatic hydroxyl groups excluding tert-OH is 1. The quantitative estimate of drug-likeness (QED) is 0.761. The number of nitrogens with one attached hydrogen (secondary N) is 1. The summed E-state index contributed by atoms with van der Waals surface area (Å²) in [4.78, 5) is 28.3. The molecule has 0 radical (unpaired) electrons. The van der Waals surface area contributed by atoms with Crippen molar-refractivity contribution >= 4 is 17.6 Å². The Kier molecular flexibility index (Phi) is 7.52. The van der Waals surface area contributed by atoms with Crippen LogP contribution in [-0.2, 0) is 14.3 Å². The van der Waals surface area contributed by atoms with Crippen molar-refractivity contribution < 1.29 is 28.9 Å². The van der Waals surface area contributed by atoms with Crippen molar-refractivity contribution in [3.8, 4) is 5.75 Å². The number of ether oxygens (including phenoxy) is 3. The van der Waals surface area contributed by atoms with Gasteiger partial charge in [0.1, 0.15) is 11.9 Å². The number of rotatable bonds is 4. The Labute approximate surface area is 176 Å². The Hall–Kier alpha value is -2.36. The zero-order chi connectivity index (χ0) is 21.7. The van der Waals surface area contributed by atoms with Crippen LogP contribution in [0.2, 0.25) is 0 Å². The molecule has 2 heterocycles. The van der Waals surface area contributed by atoms with Gasteiger partial charge < -0.3 is 34.4 Å². The largest absolute Gasteiger partial charge is 0.497 e. The molecular weight excluding hydrogens is 390 g/mol. The number of carbonyl (C=O) groups is 2. The van der Waals surface area contributed by atoms with Crippen LogP contribution in [0.1, 0.15) is 19.3 Å². The maximum atomic E-state index is 13.1. The number of benzene rings is 1. The van der Waals surface area contributed by atoms with E-state index in [2.05, 4.69) is 5.32 Å². The molecule has 3 rings (SSSR count). The molecule has 2 saturated heterocycles. The zero-order valence-corrected chi connectivity index (χ0v) is 17.7. The molecule has 166 valence electrons.